The van der Waals surface area contributed by atoms with Crippen LogP contribution >= 0.6 is 23.1 Å². The lowest BCUT2D eigenvalue weighted by Gasteiger charge is -2.35. The van der Waals surface area contributed by atoms with Crippen LogP contribution in [0.15, 0.2) is 22.5 Å². The van der Waals surface area contributed by atoms with Crippen LogP contribution in [0.1, 0.15) is 51.5 Å². The van der Waals surface area contributed by atoms with Crippen LogP contribution in [0, 0.1) is 5.92 Å². The SMILES string of the molecule is CCC1(C)CCSC(=NC(c2cccs2)C(C)C)N1. The van der Waals surface area contributed by atoms with Crippen molar-refractivity contribution in [3.63, 3.8) is 0 Å². The van der Waals surface area contributed by atoms with Crippen LogP contribution in [0.3, 0.4) is 0 Å². The summed E-state index contributed by atoms with van der Waals surface area (Å²) in [7, 11) is 0. The van der Waals surface area contributed by atoms with Gasteiger partial charge in [-0.1, -0.05) is 38.6 Å². The Morgan fingerprint density at radius 3 is 2.84 bits per heavy atom. The zero-order chi connectivity index (χ0) is 13.9. The van der Waals surface area contributed by atoms with Gasteiger partial charge < -0.3 is 5.32 Å². The summed E-state index contributed by atoms with van der Waals surface area (Å²) in [5.74, 6) is 1.70. The van der Waals surface area contributed by atoms with E-state index in [9.17, 15) is 0 Å². The number of rotatable bonds is 4. The summed E-state index contributed by atoms with van der Waals surface area (Å²) in [6, 6.07) is 4.60. The van der Waals surface area contributed by atoms with Gasteiger partial charge in [0, 0.05) is 16.2 Å². The largest absolute Gasteiger partial charge is 0.360 e. The molecule has 2 heterocycles. The lowest BCUT2D eigenvalue weighted by Crippen LogP contribution is -2.48. The minimum atomic E-state index is 0.223. The van der Waals surface area contributed by atoms with Crippen molar-refractivity contribution in [2.45, 2.75) is 52.1 Å². The molecule has 0 bridgehead atoms. The second-order valence-electron chi connectivity index (χ2n) is 5.78. The minimum absolute atomic E-state index is 0.223. The molecule has 1 fully saturated rings. The topological polar surface area (TPSA) is 24.4 Å². The van der Waals surface area contributed by atoms with Crippen molar-refractivity contribution >= 4 is 28.3 Å². The number of thioether (sulfide) groups is 1. The highest BCUT2D eigenvalue weighted by Crippen LogP contribution is 2.32. The van der Waals surface area contributed by atoms with Crippen LogP contribution in [0.2, 0.25) is 0 Å². The van der Waals surface area contributed by atoms with E-state index in [1.54, 1.807) is 0 Å². The first kappa shape index (κ1) is 14.9. The Bertz CT molecular complexity index is 425. The molecule has 1 N–H and O–H groups in total. The molecule has 2 nitrogen and oxygen atoms in total. The Balaban J connectivity index is 2.18. The summed E-state index contributed by atoms with van der Waals surface area (Å²) >= 11 is 3.68. The van der Waals surface area contributed by atoms with Crippen molar-refractivity contribution in [3.05, 3.63) is 22.4 Å². The summed E-state index contributed by atoms with van der Waals surface area (Å²) < 4.78 is 0. The normalized spacial score (nSPS) is 27.5. The Kier molecular flexibility index (Phi) is 4.96. The second kappa shape index (κ2) is 6.31. The lowest BCUT2D eigenvalue weighted by atomic mass is 9.96. The molecule has 1 aromatic rings. The summed E-state index contributed by atoms with van der Waals surface area (Å²) in [5.41, 5.74) is 0.223. The maximum atomic E-state index is 5.00. The van der Waals surface area contributed by atoms with Gasteiger partial charge in [-0.3, -0.25) is 4.99 Å². The van der Waals surface area contributed by atoms with Crippen LogP contribution in [0.5, 0.6) is 0 Å². The number of hydrogen-bond acceptors (Lipinski definition) is 3. The molecule has 4 heteroatoms. The van der Waals surface area contributed by atoms with E-state index >= 15 is 0 Å². The van der Waals surface area contributed by atoms with E-state index in [1.165, 1.54) is 17.1 Å². The third-order valence-corrected chi connectivity index (χ3v) is 5.64. The van der Waals surface area contributed by atoms with Crippen LogP contribution < -0.4 is 5.32 Å². The van der Waals surface area contributed by atoms with Crippen molar-refractivity contribution in [1.82, 2.24) is 5.32 Å². The molecule has 0 radical (unpaired) electrons. The monoisotopic (exact) mass is 296 g/mol. The van der Waals surface area contributed by atoms with Crippen molar-refractivity contribution < 1.29 is 0 Å². The molecular weight excluding hydrogens is 272 g/mol. The number of nitrogens with one attached hydrogen (secondary N) is 1. The predicted molar refractivity (Wildman–Crippen MR) is 88.2 cm³/mol. The highest BCUT2D eigenvalue weighted by Gasteiger charge is 2.28. The van der Waals surface area contributed by atoms with E-state index in [4.69, 9.17) is 4.99 Å². The van der Waals surface area contributed by atoms with Crippen molar-refractivity contribution in [3.8, 4) is 0 Å². The quantitative estimate of drug-likeness (QED) is 0.871. The molecule has 2 rings (SSSR count). The fourth-order valence-electron chi connectivity index (χ4n) is 2.19. The third kappa shape index (κ3) is 3.76. The highest BCUT2D eigenvalue weighted by molar-refractivity contribution is 8.13. The van der Waals surface area contributed by atoms with Crippen molar-refractivity contribution in [2.24, 2.45) is 10.9 Å². The summed E-state index contributed by atoms with van der Waals surface area (Å²) in [5, 5.41) is 6.91. The van der Waals surface area contributed by atoms with E-state index in [-0.39, 0.29) is 11.6 Å². The van der Waals surface area contributed by atoms with Gasteiger partial charge in [-0.2, -0.15) is 0 Å². The smallest absolute Gasteiger partial charge is 0.157 e. The van der Waals surface area contributed by atoms with Gasteiger partial charge in [0.25, 0.3) is 0 Å². The molecule has 1 aliphatic heterocycles. The summed E-state index contributed by atoms with van der Waals surface area (Å²) in [6.07, 6.45) is 2.37. The van der Waals surface area contributed by atoms with Gasteiger partial charge in [0.1, 0.15) is 0 Å². The van der Waals surface area contributed by atoms with Gasteiger partial charge in [0.2, 0.25) is 0 Å². The first-order chi connectivity index (χ1) is 9.04. The molecule has 0 spiro atoms. The Labute approximate surface area is 125 Å². The molecular formula is C15H24N2S2. The van der Waals surface area contributed by atoms with E-state index in [0.717, 1.165) is 11.6 Å². The summed E-state index contributed by atoms with van der Waals surface area (Å²) in [4.78, 5) is 6.37. The minimum Gasteiger partial charge on any atom is -0.360 e. The van der Waals surface area contributed by atoms with E-state index in [1.807, 2.05) is 23.1 Å². The van der Waals surface area contributed by atoms with E-state index in [0.29, 0.717) is 5.92 Å². The number of aliphatic imine (C=N–C) groups is 1. The molecule has 106 valence electrons. The molecule has 0 aliphatic carbocycles. The number of nitrogens with zero attached hydrogens (tertiary/aromatic N) is 1. The van der Waals surface area contributed by atoms with Crippen molar-refractivity contribution in [2.75, 3.05) is 5.75 Å². The zero-order valence-electron chi connectivity index (χ0n) is 12.3. The lowest BCUT2D eigenvalue weighted by molar-refractivity contribution is 0.388. The maximum absolute atomic E-state index is 5.00. The molecule has 0 amide bonds. The maximum Gasteiger partial charge on any atom is 0.157 e. The third-order valence-electron chi connectivity index (χ3n) is 3.80. The fraction of sp³-hybridized carbons (Fsp3) is 0.667. The first-order valence-electron chi connectivity index (χ1n) is 7.06. The number of hydrogen-bond donors (Lipinski definition) is 1. The molecule has 19 heavy (non-hydrogen) atoms. The average molecular weight is 297 g/mol. The number of amidine groups is 1. The van der Waals surface area contributed by atoms with E-state index < -0.39 is 0 Å². The molecule has 1 aromatic heterocycles. The Morgan fingerprint density at radius 2 is 2.26 bits per heavy atom. The molecule has 0 aromatic carbocycles. The molecule has 1 aliphatic rings. The van der Waals surface area contributed by atoms with Gasteiger partial charge in [-0.15, -0.1) is 11.3 Å². The highest BCUT2D eigenvalue weighted by atomic mass is 32.2. The predicted octanol–water partition coefficient (Wildman–Crippen LogP) is 4.70. The van der Waals surface area contributed by atoms with E-state index in [2.05, 4.69) is 50.5 Å². The molecule has 1 saturated heterocycles. The van der Waals surface area contributed by atoms with Crippen LogP contribution in [0.25, 0.3) is 0 Å². The second-order valence-corrected chi connectivity index (χ2v) is 7.84. The van der Waals surface area contributed by atoms with Gasteiger partial charge in [0.15, 0.2) is 5.17 Å². The van der Waals surface area contributed by atoms with Crippen LogP contribution in [-0.4, -0.2) is 16.5 Å². The first-order valence-corrected chi connectivity index (χ1v) is 8.93. The average Bonchev–Trinajstić information content (AvgIpc) is 2.89. The molecule has 0 saturated carbocycles. The van der Waals surface area contributed by atoms with Crippen LogP contribution in [0.4, 0.5) is 0 Å². The standard InChI is InChI=1S/C15H24N2S2/c1-5-15(4)8-10-19-14(17-15)16-13(11(2)3)12-7-6-9-18-12/h6-7,9,11,13H,5,8,10H2,1-4H3,(H,16,17). The zero-order valence-corrected chi connectivity index (χ0v) is 13.9. The fourth-order valence-corrected chi connectivity index (χ4v) is 4.38. The van der Waals surface area contributed by atoms with Gasteiger partial charge in [-0.25, -0.2) is 0 Å². The molecule has 2 unspecified atom stereocenters. The van der Waals surface area contributed by atoms with Gasteiger partial charge >= 0.3 is 0 Å². The van der Waals surface area contributed by atoms with Crippen molar-refractivity contribution in [1.29, 1.82) is 0 Å². The van der Waals surface area contributed by atoms with Gasteiger partial charge in [-0.05, 0) is 37.1 Å². The van der Waals surface area contributed by atoms with Gasteiger partial charge in [0.05, 0.1) is 6.04 Å². The molecule has 2 atom stereocenters. The Morgan fingerprint density at radius 1 is 1.47 bits per heavy atom. The Hall–Kier alpha value is -0.480. The number of thiophene rings is 1. The summed E-state index contributed by atoms with van der Waals surface area (Å²) in [6.45, 7) is 9.06. The van der Waals surface area contributed by atoms with Crippen LogP contribution in [-0.2, 0) is 0 Å².